The molecular formula is C26H29FN4O2. The average molecular weight is 449 g/mol. The molecular weight excluding hydrogens is 419 g/mol. The molecule has 1 aliphatic carbocycles. The van der Waals surface area contributed by atoms with Gasteiger partial charge in [0, 0.05) is 32.3 Å². The van der Waals surface area contributed by atoms with Crippen molar-refractivity contribution in [1.29, 1.82) is 0 Å². The van der Waals surface area contributed by atoms with Crippen LogP contribution >= 0.6 is 0 Å². The van der Waals surface area contributed by atoms with Crippen molar-refractivity contribution >= 4 is 12.2 Å². The van der Waals surface area contributed by atoms with E-state index in [1.165, 1.54) is 42.8 Å². The van der Waals surface area contributed by atoms with E-state index in [-0.39, 0.29) is 17.9 Å². The Morgan fingerprint density at radius 3 is 2.58 bits per heavy atom. The van der Waals surface area contributed by atoms with Gasteiger partial charge in [-0.2, -0.15) is 0 Å². The lowest BCUT2D eigenvalue weighted by Crippen LogP contribution is -2.31. The molecule has 1 heterocycles. The Hall–Kier alpha value is -3.74. The summed E-state index contributed by atoms with van der Waals surface area (Å²) in [6, 6.07) is 17.9. The molecule has 1 atom stereocenters. The third-order valence-corrected chi connectivity index (χ3v) is 5.34. The van der Waals surface area contributed by atoms with Gasteiger partial charge in [-0.15, -0.1) is 0 Å². The number of aliphatic imine (C=N–C) groups is 1. The molecule has 3 N–H and O–H groups in total. The summed E-state index contributed by atoms with van der Waals surface area (Å²) in [7, 11) is 3.49. The number of guanidine groups is 1. The number of aldehydes is 1. The Morgan fingerprint density at radius 2 is 1.94 bits per heavy atom. The Morgan fingerprint density at radius 1 is 1.21 bits per heavy atom. The maximum atomic E-state index is 14.1. The van der Waals surface area contributed by atoms with Crippen LogP contribution in [0.1, 0.15) is 42.3 Å². The number of halogens is 1. The van der Waals surface area contributed by atoms with Crippen LogP contribution in [0.15, 0.2) is 71.9 Å². The lowest BCUT2D eigenvalue weighted by Gasteiger charge is -2.16. The zero-order chi connectivity index (χ0) is 23.8. The van der Waals surface area contributed by atoms with E-state index in [9.17, 15) is 14.3 Å². The van der Waals surface area contributed by atoms with Gasteiger partial charge in [0.05, 0.1) is 11.7 Å². The highest BCUT2D eigenvalue weighted by Crippen LogP contribution is 2.39. The number of aromatic hydroxyl groups is 1. The van der Waals surface area contributed by atoms with Crippen LogP contribution in [0, 0.1) is 5.82 Å². The minimum atomic E-state index is -0.745. The number of rotatable bonds is 6. The Kier molecular flexibility index (Phi) is 8.13. The highest BCUT2D eigenvalue weighted by molar-refractivity contribution is 5.78. The molecule has 1 aliphatic rings. The Labute approximate surface area is 193 Å². The molecule has 0 saturated heterocycles. The van der Waals surface area contributed by atoms with E-state index in [0.717, 1.165) is 12.2 Å². The number of hydrogen-bond acceptors (Lipinski definition) is 4. The molecule has 1 unspecified atom stereocenters. The van der Waals surface area contributed by atoms with Crippen LogP contribution in [0.4, 0.5) is 4.39 Å². The zero-order valence-corrected chi connectivity index (χ0v) is 18.9. The lowest BCUT2D eigenvalue weighted by molar-refractivity contribution is -0.108. The van der Waals surface area contributed by atoms with E-state index < -0.39 is 17.6 Å². The fraction of sp³-hybridized carbons (Fsp3) is 0.269. The van der Waals surface area contributed by atoms with E-state index in [2.05, 4.69) is 40.3 Å². The number of hydrogen-bond donors (Lipinski definition) is 2. The highest BCUT2D eigenvalue weighted by Gasteiger charge is 2.22. The van der Waals surface area contributed by atoms with Crippen molar-refractivity contribution in [3.63, 3.8) is 0 Å². The number of aromatic nitrogens is 1. The summed E-state index contributed by atoms with van der Waals surface area (Å²) >= 11 is 0. The fourth-order valence-corrected chi connectivity index (χ4v) is 3.29. The van der Waals surface area contributed by atoms with Crippen molar-refractivity contribution in [2.45, 2.75) is 31.2 Å². The molecule has 3 aromatic rings. The normalized spacial score (nSPS) is 14.1. The largest absolute Gasteiger partial charge is 0.505 e. The van der Waals surface area contributed by atoms with E-state index >= 15 is 0 Å². The van der Waals surface area contributed by atoms with Crippen molar-refractivity contribution in [2.75, 3.05) is 14.1 Å². The smallest absolute Gasteiger partial charge is 0.191 e. The predicted octanol–water partition coefficient (Wildman–Crippen LogP) is 4.66. The van der Waals surface area contributed by atoms with Gasteiger partial charge in [-0.1, -0.05) is 36.4 Å². The third-order valence-electron chi connectivity index (χ3n) is 5.34. The lowest BCUT2D eigenvalue weighted by atomic mass is 10.0. The predicted molar refractivity (Wildman–Crippen MR) is 128 cm³/mol. The number of phenols is 1. The Balaban J connectivity index is 0.000000280. The minimum Gasteiger partial charge on any atom is -0.505 e. The quantitative estimate of drug-likeness (QED) is 0.325. The van der Waals surface area contributed by atoms with Gasteiger partial charge in [-0.3, -0.25) is 4.98 Å². The standard InChI is InChI=1S/C17H19FN4O2.C9H10/c1-22(2)17(19)21-13(7-9-23)11-6-8-20-14(10-11)12-4-3-5-15(24)16(12)18;1-2-4-8(5-3-1)9-6-7-9/h3-6,8-10,13,24H,7H2,1-2H3,(H2,19,21);1-5,9H,6-7H2. The van der Waals surface area contributed by atoms with E-state index in [1.54, 1.807) is 31.1 Å². The summed E-state index contributed by atoms with van der Waals surface area (Å²) in [5.41, 5.74) is 8.55. The van der Waals surface area contributed by atoms with E-state index in [4.69, 9.17) is 5.73 Å². The number of carbonyl (C=O) groups is 1. The van der Waals surface area contributed by atoms with Crippen LogP contribution in [0.2, 0.25) is 0 Å². The van der Waals surface area contributed by atoms with Crippen LogP contribution in [-0.4, -0.2) is 41.3 Å². The number of phenolic OH excluding ortho intramolecular Hbond substituents is 1. The first kappa shape index (κ1) is 23.9. The molecule has 0 amide bonds. The SMILES string of the molecule is CN(C)C(N)=NC(CC=O)c1ccnc(-c2cccc(O)c2F)c1.c1ccc(C2CC2)cc1. The van der Waals surface area contributed by atoms with Crippen LogP contribution in [0.5, 0.6) is 5.75 Å². The number of benzene rings is 2. The molecule has 7 heteroatoms. The molecule has 1 saturated carbocycles. The number of nitrogens with zero attached hydrogens (tertiary/aromatic N) is 3. The second-order valence-electron chi connectivity index (χ2n) is 8.10. The van der Waals surface area contributed by atoms with Gasteiger partial charge in [0.2, 0.25) is 0 Å². The van der Waals surface area contributed by atoms with Crippen molar-refractivity contribution in [3.05, 3.63) is 83.8 Å². The number of carbonyl (C=O) groups excluding carboxylic acids is 1. The monoisotopic (exact) mass is 448 g/mol. The highest BCUT2D eigenvalue weighted by atomic mass is 19.1. The number of nitrogens with two attached hydrogens (primary N) is 1. The summed E-state index contributed by atoms with van der Waals surface area (Å²) in [6.07, 6.45) is 5.22. The van der Waals surface area contributed by atoms with Gasteiger partial charge in [0.15, 0.2) is 17.5 Å². The van der Waals surface area contributed by atoms with Crippen LogP contribution in [0.25, 0.3) is 11.3 Å². The van der Waals surface area contributed by atoms with Crippen molar-refractivity contribution in [1.82, 2.24) is 9.88 Å². The third kappa shape index (κ3) is 6.62. The molecule has 1 fully saturated rings. The van der Waals surface area contributed by atoms with Gasteiger partial charge >= 0.3 is 0 Å². The van der Waals surface area contributed by atoms with E-state index in [0.29, 0.717) is 11.3 Å². The summed E-state index contributed by atoms with van der Waals surface area (Å²) in [4.78, 5) is 21.1. The summed E-state index contributed by atoms with van der Waals surface area (Å²) in [6.45, 7) is 0. The van der Waals surface area contributed by atoms with Crippen LogP contribution in [0.3, 0.4) is 0 Å². The van der Waals surface area contributed by atoms with Crippen LogP contribution < -0.4 is 5.73 Å². The molecule has 172 valence electrons. The molecule has 1 aromatic heterocycles. The Bertz CT molecular complexity index is 1100. The maximum Gasteiger partial charge on any atom is 0.191 e. The topological polar surface area (TPSA) is 91.8 Å². The van der Waals surface area contributed by atoms with Gasteiger partial charge < -0.3 is 20.5 Å². The molecule has 0 spiro atoms. The first-order valence-electron chi connectivity index (χ1n) is 10.8. The van der Waals surface area contributed by atoms with Crippen molar-refractivity contribution < 1.29 is 14.3 Å². The average Bonchev–Trinajstić information content (AvgIpc) is 3.67. The molecule has 6 nitrogen and oxygen atoms in total. The summed E-state index contributed by atoms with van der Waals surface area (Å²) < 4.78 is 14.1. The zero-order valence-electron chi connectivity index (χ0n) is 18.9. The summed E-state index contributed by atoms with van der Waals surface area (Å²) in [5.74, 6) is -0.000593. The molecule has 0 radical (unpaired) electrons. The fourth-order valence-electron chi connectivity index (χ4n) is 3.29. The second-order valence-corrected chi connectivity index (χ2v) is 8.10. The molecule has 0 bridgehead atoms. The van der Waals surface area contributed by atoms with Gasteiger partial charge in [-0.25, -0.2) is 9.38 Å². The van der Waals surface area contributed by atoms with E-state index in [1.807, 2.05) is 0 Å². The second kappa shape index (κ2) is 11.2. The first-order chi connectivity index (χ1) is 15.9. The van der Waals surface area contributed by atoms with Gasteiger partial charge in [0.1, 0.15) is 6.29 Å². The maximum absolute atomic E-state index is 14.1. The number of pyridine rings is 1. The van der Waals surface area contributed by atoms with Crippen LogP contribution in [-0.2, 0) is 4.79 Å². The summed E-state index contributed by atoms with van der Waals surface area (Å²) in [5, 5.41) is 9.51. The minimum absolute atomic E-state index is 0.139. The first-order valence-corrected chi connectivity index (χ1v) is 10.8. The molecule has 0 aliphatic heterocycles. The van der Waals surface area contributed by atoms with Gasteiger partial charge in [0.25, 0.3) is 0 Å². The van der Waals surface area contributed by atoms with Gasteiger partial charge in [-0.05, 0) is 54.2 Å². The molecule has 4 rings (SSSR count). The molecule has 2 aromatic carbocycles. The molecule has 33 heavy (non-hydrogen) atoms. The van der Waals surface area contributed by atoms with Crippen molar-refractivity contribution in [3.8, 4) is 17.0 Å². The van der Waals surface area contributed by atoms with Crippen molar-refractivity contribution in [2.24, 2.45) is 10.7 Å².